The van der Waals surface area contributed by atoms with E-state index in [1.807, 2.05) is 0 Å². The maximum atomic E-state index is 12.6. The summed E-state index contributed by atoms with van der Waals surface area (Å²) in [6.45, 7) is 1.49. The molecular formula is C18H19F3N4O2. The van der Waals surface area contributed by atoms with Crippen molar-refractivity contribution < 1.29 is 18.0 Å². The van der Waals surface area contributed by atoms with Crippen LogP contribution in [0.1, 0.15) is 36.9 Å². The zero-order valence-corrected chi connectivity index (χ0v) is 14.6. The molecule has 9 heteroatoms. The number of piperidine rings is 1. The molecule has 27 heavy (non-hydrogen) atoms. The van der Waals surface area contributed by atoms with Gasteiger partial charge in [0.1, 0.15) is 5.69 Å². The van der Waals surface area contributed by atoms with E-state index in [9.17, 15) is 22.8 Å². The minimum Gasteiger partial charge on any atom is -0.343 e. The number of H-pyrrole nitrogens is 1. The first-order valence-electron chi connectivity index (χ1n) is 8.76. The van der Waals surface area contributed by atoms with Gasteiger partial charge in [-0.25, -0.2) is 0 Å². The van der Waals surface area contributed by atoms with E-state index in [0.717, 1.165) is 44.5 Å². The molecule has 0 atom stereocenters. The molecule has 0 bridgehead atoms. The van der Waals surface area contributed by atoms with Gasteiger partial charge in [-0.1, -0.05) is 12.1 Å². The summed E-state index contributed by atoms with van der Waals surface area (Å²) >= 11 is 0. The number of nitrogens with one attached hydrogen (secondary N) is 1. The number of aromatic nitrogens is 3. The highest BCUT2D eigenvalue weighted by Gasteiger charge is 2.30. The molecule has 1 aliphatic rings. The maximum Gasteiger partial charge on any atom is 0.416 e. The van der Waals surface area contributed by atoms with Gasteiger partial charge in [-0.15, -0.1) is 10.2 Å². The Morgan fingerprint density at radius 3 is 2.33 bits per heavy atom. The minimum absolute atomic E-state index is 0.0114. The molecule has 0 aliphatic carbocycles. The van der Waals surface area contributed by atoms with Gasteiger partial charge in [-0.3, -0.25) is 9.59 Å². The van der Waals surface area contributed by atoms with Crippen molar-refractivity contribution in [1.29, 1.82) is 0 Å². The SMILES string of the molecule is O=C(CCc1nnc(-c2ccc(C(F)(F)F)cc2)[nH]c1=O)N1CCCCC1. The lowest BCUT2D eigenvalue weighted by Gasteiger charge is -2.26. The summed E-state index contributed by atoms with van der Waals surface area (Å²) in [5.74, 6) is 0.0718. The molecule has 0 saturated carbocycles. The van der Waals surface area contributed by atoms with Crippen LogP contribution in [0.4, 0.5) is 13.2 Å². The zero-order valence-electron chi connectivity index (χ0n) is 14.6. The van der Waals surface area contributed by atoms with E-state index in [2.05, 4.69) is 15.2 Å². The molecule has 2 aromatic rings. The van der Waals surface area contributed by atoms with E-state index in [0.29, 0.717) is 5.56 Å². The highest BCUT2D eigenvalue weighted by Crippen LogP contribution is 2.30. The standard InChI is InChI=1S/C18H19F3N4O2/c19-18(20,21)13-6-4-12(5-7-13)16-22-17(27)14(23-24-16)8-9-15(26)25-10-2-1-3-11-25/h4-7H,1-3,8-11H2,(H,22,24,27). The number of carbonyl (C=O) groups excluding carboxylic acids is 1. The molecule has 0 radical (unpaired) electrons. The molecule has 1 aromatic carbocycles. The molecule has 1 fully saturated rings. The molecule has 2 heterocycles. The number of halogens is 3. The van der Waals surface area contributed by atoms with Crippen LogP contribution in [0.15, 0.2) is 29.1 Å². The number of rotatable bonds is 4. The Hall–Kier alpha value is -2.71. The summed E-state index contributed by atoms with van der Waals surface area (Å²) in [6, 6.07) is 4.28. The molecule has 1 saturated heterocycles. The van der Waals surface area contributed by atoms with E-state index >= 15 is 0 Å². The van der Waals surface area contributed by atoms with Gasteiger partial charge in [0, 0.05) is 31.5 Å². The molecule has 1 aromatic heterocycles. The van der Waals surface area contributed by atoms with E-state index in [1.165, 1.54) is 12.1 Å². The molecule has 1 aliphatic heterocycles. The molecule has 6 nitrogen and oxygen atoms in total. The van der Waals surface area contributed by atoms with Crippen LogP contribution in [0.3, 0.4) is 0 Å². The smallest absolute Gasteiger partial charge is 0.343 e. The molecule has 1 N–H and O–H groups in total. The quantitative estimate of drug-likeness (QED) is 0.885. The zero-order chi connectivity index (χ0) is 19.4. The Kier molecular flexibility index (Phi) is 5.57. The normalized spacial score (nSPS) is 15.0. The van der Waals surface area contributed by atoms with Crippen molar-refractivity contribution >= 4 is 5.91 Å². The van der Waals surface area contributed by atoms with Crippen molar-refractivity contribution in [3.63, 3.8) is 0 Å². The number of alkyl halides is 3. The predicted molar refractivity (Wildman–Crippen MR) is 91.8 cm³/mol. The number of nitrogens with zero attached hydrogens (tertiary/aromatic N) is 3. The van der Waals surface area contributed by atoms with Crippen LogP contribution in [-0.2, 0) is 17.4 Å². The monoisotopic (exact) mass is 380 g/mol. The molecule has 0 spiro atoms. The van der Waals surface area contributed by atoms with Crippen LogP contribution in [-0.4, -0.2) is 39.1 Å². The second-order valence-electron chi connectivity index (χ2n) is 6.47. The average Bonchev–Trinajstić information content (AvgIpc) is 2.67. The van der Waals surface area contributed by atoms with Crippen LogP contribution in [0.2, 0.25) is 0 Å². The highest BCUT2D eigenvalue weighted by molar-refractivity contribution is 5.76. The predicted octanol–water partition coefficient (Wildman–Crippen LogP) is 2.80. The Morgan fingerprint density at radius 2 is 1.74 bits per heavy atom. The van der Waals surface area contributed by atoms with Gasteiger partial charge in [-0.2, -0.15) is 13.2 Å². The first kappa shape index (κ1) is 19.1. The Bertz CT molecular complexity index is 856. The van der Waals surface area contributed by atoms with E-state index < -0.39 is 17.3 Å². The van der Waals surface area contributed by atoms with Gasteiger partial charge in [-0.05, 0) is 31.4 Å². The van der Waals surface area contributed by atoms with Crippen LogP contribution in [0.25, 0.3) is 11.4 Å². The number of hydrogen-bond donors (Lipinski definition) is 1. The number of aromatic amines is 1. The topological polar surface area (TPSA) is 79.0 Å². The maximum absolute atomic E-state index is 12.6. The van der Waals surface area contributed by atoms with E-state index in [4.69, 9.17) is 0 Å². The lowest BCUT2D eigenvalue weighted by molar-refractivity contribution is -0.137. The lowest BCUT2D eigenvalue weighted by atomic mass is 10.1. The van der Waals surface area contributed by atoms with Gasteiger partial charge >= 0.3 is 6.18 Å². The summed E-state index contributed by atoms with van der Waals surface area (Å²) < 4.78 is 37.8. The summed E-state index contributed by atoms with van der Waals surface area (Å²) in [5, 5.41) is 7.74. The largest absolute Gasteiger partial charge is 0.416 e. The number of likely N-dealkylation sites (tertiary alicyclic amines) is 1. The second-order valence-corrected chi connectivity index (χ2v) is 6.47. The Morgan fingerprint density at radius 1 is 1.07 bits per heavy atom. The van der Waals surface area contributed by atoms with E-state index in [1.54, 1.807) is 4.90 Å². The molecular weight excluding hydrogens is 361 g/mol. The van der Waals surface area contributed by atoms with Crippen LogP contribution in [0, 0.1) is 0 Å². The van der Waals surface area contributed by atoms with Crippen LogP contribution in [0.5, 0.6) is 0 Å². The van der Waals surface area contributed by atoms with Crippen molar-refractivity contribution in [3.8, 4) is 11.4 Å². The summed E-state index contributed by atoms with van der Waals surface area (Å²) in [5.41, 5.74) is -0.819. The fourth-order valence-electron chi connectivity index (χ4n) is 3.00. The highest BCUT2D eigenvalue weighted by atomic mass is 19.4. The first-order valence-corrected chi connectivity index (χ1v) is 8.76. The van der Waals surface area contributed by atoms with Crippen LogP contribution >= 0.6 is 0 Å². The van der Waals surface area contributed by atoms with Crippen molar-refractivity contribution in [2.24, 2.45) is 0 Å². The minimum atomic E-state index is -4.43. The van der Waals surface area contributed by atoms with Gasteiger partial charge < -0.3 is 9.88 Å². The number of aryl methyl sites for hydroxylation is 1. The summed E-state index contributed by atoms with van der Waals surface area (Å²) in [6.07, 6.45) is -0.965. The number of carbonyl (C=O) groups is 1. The lowest BCUT2D eigenvalue weighted by Crippen LogP contribution is -2.36. The van der Waals surface area contributed by atoms with Gasteiger partial charge in [0.15, 0.2) is 5.82 Å². The van der Waals surface area contributed by atoms with Crippen molar-refractivity contribution in [3.05, 3.63) is 45.9 Å². The third kappa shape index (κ3) is 4.72. The second kappa shape index (κ2) is 7.89. The Labute approximate surface area is 153 Å². The number of benzene rings is 1. The average molecular weight is 380 g/mol. The number of hydrogen-bond acceptors (Lipinski definition) is 4. The van der Waals surface area contributed by atoms with Crippen molar-refractivity contribution in [1.82, 2.24) is 20.1 Å². The van der Waals surface area contributed by atoms with Gasteiger partial charge in [0.05, 0.1) is 5.56 Å². The first-order chi connectivity index (χ1) is 12.8. The Balaban J connectivity index is 1.66. The molecule has 144 valence electrons. The fraction of sp³-hybridized carbons (Fsp3) is 0.444. The van der Waals surface area contributed by atoms with Crippen molar-refractivity contribution in [2.75, 3.05) is 13.1 Å². The molecule has 3 rings (SSSR count). The van der Waals surface area contributed by atoms with E-state index in [-0.39, 0.29) is 30.3 Å². The molecule has 1 amide bonds. The summed E-state index contributed by atoms with van der Waals surface area (Å²) in [4.78, 5) is 28.6. The third-order valence-electron chi connectivity index (χ3n) is 4.53. The van der Waals surface area contributed by atoms with Crippen LogP contribution < -0.4 is 5.56 Å². The van der Waals surface area contributed by atoms with Gasteiger partial charge in [0.2, 0.25) is 5.91 Å². The molecule has 0 unspecified atom stereocenters. The van der Waals surface area contributed by atoms with Gasteiger partial charge in [0.25, 0.3) is 5.56 Å². The summed E-state index contributed by atoms with van der Waals surface area (Å²) in [7, 11) is 0. The fourth-order valence-corrected chi connectivity index (χ4v) is 3.00. The number of amides is 1. The third-order valence-corrected chi connectivity index (χ3v) is 4.53. The van der Waals surface area contributed by atoms with Crippen molar-refractivity contribution in [2.45, 2.75) is 38.3 Å².